The maximum Gasteiger partial charge on any atom is 0.304 e. The summed E-state index contributed by atoms with van der Waals surface area (Å²) in [5, 5.41) is 19.5. The number of aliphatic carboxylic acids is 1. The summed E-state index contributed by atoms with van der Waals surface area (Å²) in [6.07, 6.45) is 3.61. The third-order valence-corrected chi connectivity index (χ3v) is 3.88. The van der Waals surface area contributed by atoms with E-state index in [1.807, 2.05) is 13.0 Å². The van der Waals surface area contributed by atoms with Gasteiger partial charge in [-0.15, -0.1) is 0 Å². The van der Waals surface area contributed by atoms with Gasteiger partial charge >= 0.3 is 5.97 Å². The van der Waals surface area contributed by atoms with E-state index in [1.165, 1.54) is 5.57 Å². The first kappa shape index (κ1) is 11.1. The quantitative estimate of drug-likeness (QED) is 0.448. The Kier molecular flexibility index (Phi) is 2.48. The average Bonchev–Trinajstić information content (AvgIpc) is 2.40. The Hall–Kier alpha value is -1.39. The van der Waals surface area contributed by atoms with E-state index >= 15 is 0 Å². The lowest BCUT2D eigenvalue weighted by Crippen LogP contribution is -2.50. The van der Waals surface area contributed by atoms with Gasteiger partial charge < -0.3 is 5.11 Å². The van der Waals surface area contributed by atoms with Gasteiger partial charge in [-0.25, -0.2) is 0 Å². The molecule has 2 aliphatic carbocycles. The van der Waals surface area contributed by atoms with E-state index < -0.39 is 11.4 Å². The maximum absolute atomic E-state index is 10.8. The molecule has 0 aliphatic heterocycles. The van der Waals surface area contributed by atoms with Crippen molar-refractivity contribution in [2.24, 2.45) is 17.3 Å². The van der Waals surface area contributed by atoms with Gasteiger partial charge in [0.1, 0.15) is 0 Å². The summed E-state index contributed by atoms with van der Waals surface area (Å²) in [5.74, 6) is -0.383. The molecule has 0 saturated heterocycles. The second-order valence-electron chi connectivity index (χ2n) is 5.13. The monoisotopic (exact) mass is 225 g/mol. The zero-order valence-corrected chi connectivity index (χ0v) is 9.18. The summed E-state index contributed by atoms with van der Waals surface area (Å²) in [4.78, 5) is 21.1. The van der Waals surface area contributed by atoms with E-state index in [4.69, 9.17) is 5.11 Å². The van der Waals surface area contributed by atoms with Crippen molar-refractivity contribution in [1.29, 1.82) is 0 Å². The summed E-state index contributed by atoms with van der Waals surface area (Å²) >= 11 is 0. The van der Waals surface area contributed by atoms with E-state index in [0.29, 0.717) is 12.3 Å². The number of nitro groups is 1. The van der Waals surface area contributed by atoms with Gasteiger partial charge in [0.2, 0.25) is 6.54 Å². The predicted octanol–water partition coefficient (Wildman–Crippen LogP) is 1.71. The van der Waals surface area contributed by atoms with Gasteiger partial charge in [-0.3, -0.25) is 14.9 Å². The molecule has 0 heterocycles. The minimum atomic E-state index is -0.932. The van der Waals surface area contributed by atoms with Gasteiger partial charge in [0.15, 0.2) is 0 Å². The molecule has 0 aromatic rings. The minimum absolute atomic E-state index is 0.0844. The summed E-state index contributed by atoms with van der Waals surface area (Å²) < 4.78 is 0. The Morgan fingerprint density at radius 3 is 2.94 bits per heavy atom. The van der Waals surface area contributed by atoms with Crippen LogP contribution in [0.3, 0.4) is 0 Å². The summed E-state index contributed by atoms with van der Waals surface area (Å²) in [5.41, 5.74) is 0.614. The highest BCUT2D eigenvalue weighted by atomic mass is 16.6. The lowest BCUT2D eigenvalue weighted by Gasteiger charge is -2.48. The van der Waals surface area contributed by atoms with Crippen LogP contribution in [0.4, 0.5) is 0 Å². The Bertz CT molecular complexity index is 358. The largest absolute Gasteiger partial charge is 0.481 e. The molecular formula is C11H15NO4. The van der Waals surface area contributed by atoms with Crippen LogP contribution in [0.5, 0.6) is 0 Å². The number of carbonyl (C=O) groups is 1. The summed E-state index contributed by atoms with van der Waals surface area (Å²) in [7, 11) is 0. The highest BCUT2D eigenvalue weighted by Crippen LogP contribution is 2.59. The topological polar surface area (TPSA) is 80.4 Å². The fraction of sp³-hybridized carbons (Fsp3) is 0.727. The first-order valence-corrected chi connectivity index (χ1v) is 5.44. The third-order valence-electron chi connectivity index (χ3n) is 3.88. The van der Waals surface area contributed by atoms with Crippen LogP contribution in [0.1, 0.15) is 26.2 Å². The summed E-state index contributed by atoms with van der Waals surface area (Å²) in [6, 6.07) is 0. The molecule has 1 N–H and O–H groups in total. The molecule has 0 bridgehead atoms. The van der Waals surface area contributed by atoms with Crippen molar-refractivity contribution in [3.63, 3.8) is 0 Å². The Labute approximate surface area is 93.3 Å². The van der Waals surface area contributed by atoms with E-state index in [2.05, 4.69) is 0 Å². The van der Waals surface area contributed by atoms with Crippen LogP contribution in [-0.2, 0) is 4.79 Å². The molecule has 16 heavy (non-hydrogen) atoms. The smallest absolute Gasteiger partial charge is 0.304 e. The highest BCUT2D eigenvalue weighted by Gasteiger charge is 2.58. The van der Waals surface area contributed by atoms with Crippen LogP contribution in [0, 0.1) is 27.4 Å². The van der Waals surface area contributed by atoms with Gasteiger partial charge in [0, 0.05) is 4.92 Å². The van der Waals surface area contributed by atoms with Crippen molar-refractivity contribution >= 4 is 5.97 Å². The minimum Gasteiger partial charge on any atom is -0.481 e. The molecule has 0 aromatic heterocycles. The molecule has 2 rings (SSSR count). The van der Waals surface area contributed by atoms with Gasteiger partial charge in [0.05, 0.1) is 11.8 Å². The van der Waals surface area contributed by atoms with Crippen LogP contribution in [0.15, 0.2) is 11.6 Å². The number of rotatable bonds is 4. The molecule has 0 radical (unpaired) electrons. The van der Waals surface area contributed by atoms with Crippen LogP contribution < -0.4 is 0 Å². The zero-order chi connectivity index (χ0) is 11.9. The van der Waals surface area contributed by atoms with Crippen molar-refractivity contribution in [2.45, 2.75) is 26.2 Å². The normalized spacial score (nSPS) is 36.2. The predicted molar refractivity (Wildman–Crippen MR) is 56.5 cm³/mol. The molecule has 5 heteroatoms. The highest BCUT2D eigenvalue weighted by molar-refractivity contribution is 5.68. The number of nitrogens with zero attached hydrogens (tertiary/aromatic N) is 1. The molecule has 5 nitrogen and oxygen atoms in total. The number of hydrogen-bond donors (Lipinski definition) is 1. The van der Waals surface area contributed by atoms with Crippen molar-refractivity contribution in [1.82, 2.24) is 0 Å². The second-order valence-corrected chi connectivity index (χ2v) is 5.13. The van der Waals surface area contributed by atoms with Crippen molar-refractivity contribution in [3.05, 3.63) is 21.8 Å². The number of carboxylic acids is 1. The first-order valence-electron chi connectivity index (χ1n) is 5.44. The molecule has 0 amide bonds. The number of fused-ring (bicyclic) bond motifs is 1. The standard InChI is InChI=1S/C11H15NO4/c1-7-2-8-4-11(5-10(13)14,6-12(15)16)9(8)3-7/h3,8-9H,2,4-6H2,1H3,(H,13,14)/t8-,9+,11+/m1/s1. The van der Waals surface area contributed by atoms with E-state index in [9.17, 15) is 14.9 Å². The van der Waals surface area contributed by atoms with Gasteiger partial charge in [-0.1, -0.05) is 11.6 Å². The lowest BCUT2D eigenvalue weighted by molar-refractivity contribution is -0.505. The first-order chi connectivity index (χ1) is 7.43. The molecule has 3 atom stereocenters. The lowest BCUT2D eigenvalue weighted by atomic mass is 9.53. The van der Waals surface area contributed by atoms with Crippen LogP contribution in [0.25, 0.3) is 0 Å². The molecule has 1 saturated carbocycles. The Morgan fingerprint density at radius 1 is 1.75 bits per heavy atom. The van der Waals surface area contributed by atoms with Crippen molar-refractivity contribution in [3.8, 4) is 0 Å². The second kappa shape index (κ2) is 3.57. The Balaban J connectivity index is 2.17. The van der Waals surface area contributed by atoms with Crippen LogP contribution in [-0.4, -0.2) is 22.5 Å². The summed E-state index contributed by atoms with van der Waals surface area (Å²) in [6.45, 7) is 1.79. The molecule has 1 fully saturated rings. The van der Waals surface area contributed by atoms with Crippen LogP contribution >= 0.6 is 0 Å². The van der Waals surface area contributed by atoms with Crippen molar-refractivity contribution in [2.75, 3.05) is 6.54 Å². The Morgan fingerprint density at radius 2 is 2.44 bits per heavy atom. The average molecular weight is 225 g/mol. The van der Waals surface area contributed by atoms with Crippen LogP contribution in [0.2, 0.25) is 0 Å². The molecule has 88 valence electrons. The number of hydrogen-bond acceptors (Lipinski definition) is 3. The molecule has 0 aromatic carbocycles. The van der Waals surface area contributed by atoms with E-state index in [0.717, 1.165) is 6.42 Å². The van der Waals surface area contributed by atoms with E-state index in [-0.39, 0.29) is 23.8 Å². The van der Waals surface area contributed by atoms with E-state index in [1.54, 1.807) is 0 Å². The van der Waals surface area contributed by atoms with Gasteiger partial charge in [0.25, 0.3) is 0 Å². The van der Waals surface area contributed by atoms with Crippen molar-refractivity contribution < 1.29 is 14.8 Å². The van der Waals surface area contributed by atoms with Gasteiger partial charge in [-0.2, -0.15) is 0 Å². The third kappa shape index (κ3) is 1.70. The fourth-order valence-electron chi connectivity index (χ4n) is 3.40. The molecule has 0 spiro atoms. The van der Waals surface area contributed by atoms with Gasteiger partial charge in [-0.05, 0) is 31.6 Å². The molecule has 2 aliphatic rings. The SMILES string of the molecule is CC1=C[C@H]2[C@H](C1)C[C@]2(CC(=O)O)C[N+](=O)[O-]. The molecular weight excluding hydrogens is 210 g/mol. The zero-order valence-electron chi connectivity index (χ0n) is 9.18. The maximum atomic E-state index is 10.8. The fourth-order valence-corrected chi connectivity index (χ4v) is 3.40. The number of allylic oxidation sites excluding steroid dienone is 2. The number of carboxylic acid groups (broad SMARTS) is 1. The molecule has 0 unspecified atom stereocenters.